The largest absolute Gasteiger partial charge is 0.460 e. The molecule has 0 nitrogen and oxygen atoms in total. The van der Waals surface area contributed by atoms with Crippen molar-refractivity contribution >= 4 is 0 Å². The molecule has 0 amide bonds. The van der Waals surface area contributed by atoms with Crippen LogP contribution in [-0.4, -0.2) is 23.9 Å². The lowest BCUT2D eigenvalue weighted by atomic mass is 9.73. The SMILES string of the molecule is CCCCCC(C)(C)CC1CC(CC(C)(C)C)CC1C(F)(F)C(F)(F)C(F)(F)C(F)(F)F. The Hall–Kier alpha value is -0.630. The molecule has 0 aromatic rings. The summed E-state index contributed by atoms with van der Waals surface area (Å²) in [7, 11) is 0. The van der Waals surface area contributed by atoms with Crippen LogP contribution >= 0.6 is 0 Å². The van der Waals surface area contributed by atoms with Gasteiger partial charge in [-0.1, -0.05) is 60.8 Å². The Morgan fingerprint density at radius 3 is 1.66 bits per heavy atom. The van der Waals surface area contributed by atoms with E-state index in [1.54, 1.807) is 13.8 Å². The van der Waals surface area contributed by atoms with E-state index in [0.29, 0.717) is 12.8 Å². The van der Waals surface area contributed by atoms with Gasteiger partial charge in [-0.25, -0.2) is 0 Å². The van der Waals surface area contributed by atoms with E-state index >= 15 is 0 Å². The summed E-state index contributed by atoms with van der Waals surface area (Å²) in [4.78, 5) is 0. The lowest BCUT2D eigenvalue weighted by Crippen LogP contribution is -2.63. The summed E-state index contributed by atoms with van der Waals surface area (Å²) >= 11 is 0. The molecule has 192 valence electrons. The van der Waals surface area contributed by atoms with Gasteiger partial charge in [-0.05, 0) is 54.8 Å². The molecule has 9 heteroatoms. The number of halogens is 9. The van der Waals surface area contributed by atoms with E-state index < -0.39 is 53.5 Å². The minimum atomic E-state index is -6.83. The van der Waals surface area contributed by atoms with Gasteiger partial charge >= 0.3 is 23.9 Å². The number of hydrogen-bond donors (Lipinski definition) is 0. The van der Waals surface area contributed by atoms with E-state index in [-0.39, 0.29) is 18.3 Å². The fourth-order valence-electron chi connectivity index (χ4n) is 5.23. The van der Waals surface area contributed by atoms with Crippen molar-refractivity contribution in [1.82, 2.24) is 0 Å². The van der Waals surface area contributed by atoms with Crippen LogP contribution in [0.25, 0.3) is 0 Å². The van der Waals surface area contributed by atoms with E-state index in [1.165, 1.54) is 0 Å². The van der Waals surface area contributed by atoms with Gasteiger partial charge in [-0.3, -0.25) is 0 Å². The molecule has 1 saturated carbocycles. The van der Waals surface area contributed by atoms with Crippen molar-refractivity contribution in [3.63, 3.8) is 0 Å². The zero-order valence-corrected chi connectivity index (χ0v) is 19.8. The second kappa shape index (κ2) is 9.55. The third-order valence-corrected chi connectivity index (χ3v) is 6.60. The number of alkyl halides is 9. The normalized spacial score (nSPS) is 24.3. The van der Waals surface area contributed by atoms with Gasteiger partial charge in [0.15, 0.2) is 0 Å². The van der Waals surface area contributed by atoms with Crippen molar-refractivity contribution in [2.45, 2.75) is 117 Å². The summed E-state index contributed by atoms with van der Waals surface area (Å²) in [5.74, 6) is -22.6. The van der Waals surface area contributed by atoms with Crippen molar-refractivity contribution in [2.24, 2.45) is 28.6 Å². The van der Waals surface area contributed by atoms with Gasteiger partial charge < -0.3 is 0 Å². The Kier molecular flexibility index (Phi) is 8.78. The van der Waals surface area contributed by atoms with Crippen molar-refractivity contribution in [3.8, 4) is 0 Å². The van der Waals surface area contributed by atoms with E-state index in [9.17, 15) is 39.5 Å². The van der Waals surface area contributed by atoms with Crippen LogP contribution in [0.15, 0.2) is 0 Å². The predicted molar refractivity (Wildman–Crippen MR) is 107 cm³/mol. The molecule has 1 fully saturated rings. The second-order valence-corrected chi connectivity index (χ2v) is 11.6. The van der Waals surface area contributed by atoms with E-state index in [1.807, 2.05) is 27.7 Å². The van der Waals surface area contributed by atoms with E-state index in [2.05, 4.69) is 0 Å². The summed E-state index contributed by atoms with van der Waals surface area (Å²) < 4.78 is 123. The molecule has 0 saturated heterocycles. The van der Waals surface area contributed by atoms with Crippen molar-refractivity contribution in [3.05, 3.63) is 0 Å². The maximum Gasteiger partial charge on any atom is 0.460 e. The van der Waals surface area contributed by atoms with Crippen LogP contribution in [0.2, 0.25) is 0 Å². The van der Waals surface area contributed by atoms with Gasteiger partial charge in [0.05, 0.1) is 0 Å². The quantitative estimate of drug-likeness (QED) is 0.214. The van der Waals surface area contributed by atoms with E-state index in [4.69, 9.17) is 0 Å². The molecule has 0 aromatic carbocycles. The lowest BCUT2D eigenvalue weighted by molar-refractivity contribution is -0.404. The highest BCUT2D eigenvalue weighted by Crippen LogP contribution is 2.61. The highest BCUT2D eigenvalue weighted by molar-refractivity contribution is 5.06. The van der Waals surface area contributed by atoms with Gasteiger partial charge in [0.25, 0.3) is 0 Å². The Morgan fingerprint density at radius 2 is 1.22 bits per heavy atom. The molecule has 0 aromatic heterocycles. The molecular formula is C23H37F9. The van der Waals surface area contributed by atoms with Crippen molar-refractivity contribution < 1.29 is 39.5 Å². The number of hydrogen-bond acceptors (Lipinski definition) is 0. The van der Waals surface area contributed by atoms with Gasteiger partial charge in [-0.15, -0.1) is 0 Å². The molecule has 0 aliphatic heterocycles. The first kappa shape index (κ1) is 29.4. The van der Waals surface area contributed by atoms with Gasteiger partial charge in [-0.2, -0.15) is 39.5 Å². The smallest absolute Gasteiger partial charge is 0.199 e. The molecule has 0 spiro atoms. The highest BCUT2D eigenvalue weighted by Gasteiger charge is 2.83. The zero-order chi connectivity index (χ0) is 25.4. The first-order valence-electron chi connectivity index (χ1n) is 11.3. The molecule has 3 unspecified atom stereocenters. The Morgan fingerprint density at radius 1 is 0.688 bits per heavy atom. The van der Waals surface area contributed by atoms with Crippen LogP contribution in [-0.2, 0) is 0 Å². The van der Waals surface area contributed by atoms with E-state index in [0.717, 1.165) is 19.3 Å². The minimum Gasteiger partial charge on any atom is -0.199 e. The number of rotatable bonds is 10. The fraction of sp³-hybridized carbons (Fsp3) is 1.00. The molecule has 32 heavy (non-hydrogen) atoms. The molecule has 3 atom stereocenters. The summed E-state index contributed by atoms with van der Waals surface area (Å²) in [6.07, 6.45) is -3.44. The fourth-order valence-corrected chi connectivity index (χ4v) is 5.23. The van der Waals surface area contributed by atoms with Gasteiger partial charge in [0.2, 0.25) is 0 Å². The summed E-state index contributed by atoms with van der Waals surface area (Å²) in [6, 6.07) is 0. The molecule has 0 heterocycles. The van der Waals surface area contributed by atoms with Crippen molar-refractivity contribution in [1.29, 1.82) is 0 Å². The lowest BCUT2D eigenvalue weighted by Gasteiger charge is -2.40. The first-order valence-corrected chi connectivity index (χ1v) is 11.3. The molecule has 1 aliphatic rings. The monoisotopic (exact) mass is 484 g/mol. The highest BCUT2D eigenvalue weighted by atomic mass is 19.4. The molecular weight excluding hydrogens is 447 g/mol. The van der Waals surface area contributed by atoms with Crippen LogP contribution in [0.4, 0.5) is 39.5 Å². The summed E-state index contributed by atoms with van der Waals surface area (Å²) in [5, 5.41) is 0. The Labute approximate surface area is 185 Å². The molecule has 1 aliphatic carbocycles. The molecule has 0 bridgehead atoms. The van der Waals surface area contributed by atoms with Crippen LogP contribution in [0.3, 0.4) is 0 Å². The number of unbranched alkanes of at least 4 members (excludes halogenated alkanes) is 2. The molecule has 0 N–H and O–H groups in total. The molecule has 0 radical (unpaired) electrons. The average Bonchev–Trinajstić information content (AvgIpc) is 2.93. The first-order chi connectivity index (χ1) is 14.1. The molecule has 1 rings (SSSR count). The third kappa shape index (κ3) is 6.49. The second-order valence-electron chi connectivity index (χ2n) is 11.6. The summed E-state index contributed by atoms with van der Waals surface area (Å²) in [5.41, 5.74) is -0.846. The topological polar surface area (TPSA) is 0 Å². The van der Waals surface area contributed by atoms with Crippen LogP contribution in [0.5, 0.6) is 0 Å². The van der Waals surface area contributed by atoms with Crippen molar-refractivity contribution in [2.75, 3.05) is 0 Å². The van der Waals surface area contributed by atoms with Crippen LogP contribution in [0.1, 0.15) is 92.9 Å². The zero-order valence-electron chi connectivity index (χ0n) is 19.8. The maximum atomic E-state index is 14.9. The van der Waals surface area contributed by atoms with Crippen LogP contribution < -0.4 is 0 Å². The Balaban J connectivity index is 3.29. The summed E-state index contributed by atoms with van der Waals surface area (Å²) in [6.45, 7) is 11.1. The Bertz CT molecular complexity index is 600. The van der Waals surface area contributed by atoms with Crippen LogP contribution in [0, 0.1) is 28.6 Å². The van der Waals surface area contributed by atoms with Gasteiger partial charge in [0, 0.05) is 5.92 Å². The standard InChI is InChI=1S/C23H37F9/c1-7-8-9-10-19(5,6)14-16-11-15(13-18(2,3)4)12-17(16)20(24,25)21(26,27)22(28,29)23(30,31)32/h15-17H,7-14H2,1-6H3. The third-order valence-electron chi connectivity index (χ3n) is 6.60. The predicted octanol–water partition coefficient (Wildman–Crippen LogP) is 9.53. The maximum absolute atomic E-state index is 14.9. The average molecular weight is 485 g/mol. The minimum absolute atomic E-state index is 0.0747. The van der Waals surface area contributed by atoms with Gasteiger partial charge in [0.1, 0.15) is 0 Å².